The van der Waals surface area contributed by atoms with Crippen LogP contribution in [0.25, 0.3) is 0 Å². The van der Waals surface area contributed by atoms with Gasteiger partial charge >= 0.3 is 0 Å². The molecule has 25 heavy (non-hydrogen) atoms. The summed E-state index contributed by atoms with van der Waals surface area (Å²) < 4.78 is 0. The summed E-state index contributed by atoms with van der Waals surface area (Å²) in [6.45, 7) is 7.22. The molecule has 0 aromatic heterocycles. The minimum Gasteiger partial charge on any atom is -0.356 e. The van der Waals surface area contributed by atoms with Gasteiger partial charge in [-0.1, -0.05) is 38.1 Å². The van der Waals surface area contributed by atoms with Crippen LogP contribution >= 0.6 is 12.4 Å². The fourth-order valence-corrected chi connectivity index (χ4v) is 3.13. The number of hydrogen-bond donors (Lipinski definition) is 2. The minimum absolute atomic E-state index is 0. The van der Waals surface area contributed by atoms with E-state index in [9.17, 15) is 9.59 Å². The van der Waals surface area contributed by atoms with Crippen LogP contribution < -0.4 is 10.6 Å². The number of Topliss-reactive ketones (excluding diaryl/α,β-unsaturated/α-hetero) is 1. The number of carbonyl (C=O) groups excluding carboxylic acids is 2. The van der Waals surface area contributed by atoms with Crippen molar-refractivity contribution >= 4 is 24.1 Å². The van der Waals surface area contributed by atoms with Gasteiger partial charge in [-0.05, 0) is 49.8 Å². The van der Waals surface area contributed by atoms with Gasteiger partial charge in [0.25, 0.3) is 0 Å². The van der Waals surface area contributed by atoms with Crippen LogP contribution in [0.2, 0.25) is 0 Å². The van der Waals surface area contributed by atoms with E-state index in [0.29, 0.717) is 23.9 Å². The van der Waals surface area contributed by atoms with E-state index in [-0.39, 0.29) is 36.9 Å². The molecule has 0 spiro atoms. The maximum atomic E-state index is 12.2. The molecule has 1 aromatic rings. The van der Waals surface area contributed by atoms with E-state index in [4.69, 9.17) is 0 Å². The van der Waals surface area contributed by atoms with Crippen LogP contribution in [0.15, 0.2) is 24.3 Å². The molecule has 0 bridgehead atoms. The van der Waals surface area contributed by atoms with Crippen molar-refractivity contribution in [2.45, 2.75) is 46.0 Å². The van der Waals surface area contributed by atoms with Crippen molar-refractivity contribution < 1.29 is 9.59 Å². The number of ketones is 1. The second-order valence-electron chi connectivity index (χ2n) is 7.22. The highest BCUT2D eigenvalue weighted by atomic mass is 35.5. The number of halogens is 1. The Morgan fingerprint density at radius 3 is 2.52 bits per heavy atom. The molecule has 0 radical (unpaired) electrons. The number of benzene rings is 1. The first-order chi connectivity index (χ1) is 11.5. The second kappa shape index (κ2) is 11.3. The van der Waals surface area contributed by atoms with Gasteiger partial charge in [0.15, 0.2) is 5.78 Å². The standard InChI is InChI=1S/C20H30N2O2.ClH/c1-15(2)13-16-3-5-18(6-4-16)19(23)7-8-20(24)22-12-10-17-9-11-21-14-17;/h3-6,15,17,21H,7-14H2,1-2H3,(H,22,24);1H. The zero-order valence-electron chi connectivity index (χ0n) is 15.3. The average molecular weight is 367 g/mol. The van der Waals surface area contributed by atoms with Crippen molar-refractivity contribution in [1.82, 2.24) is 10.6 Å². The second-order valence-corrected chi connectivity index (χ2v) is 7.22. The SMILES string of the molecule is CC(C)Cc1ccc(C(=O)CCC(=O)NCCC2CCNC2)cc1.Cl. The van der Waals surface area contributed by atoms with Crippen molar-refractivity contribution in [2.75, 3.05) is 19.6 Å². The van der Waals surface area contributed by atoms with Gasteiger partial charge in [-0.25, -0.2) is 0 Å². The Morgan fingerprint density at radius 2 is 1.92 bits per heavy atom. The third-order valence-corrected chi connectivity index (χ3v) is 4.54. The van der Waals surface area contributed by atoms with Crippen LogP contribution in [0.3, 0.4) is 0 Å². The van der Waals surface area contributed by atoms with Gasteiger partial charge in [0, 0.05) is 24.9 Å². The summed E-state index contributed by atoms with van der Waals surface area (Å²) in [4.78, 5) is 24.0. The van der Waals surface area contributed by atoms with E-state index in [1.165, 1.54) is 12.0 Å². The van der Waals surface area contributed by atoms with Crippen molar-refractivity contribution in [3.63, 3.8) is 0 Å². The third-order valence-electron chi connectivity index (χ3n) is 4.54. The van der Waals surface area contributed by atoms with Gasteiger partial charge in [-0.2, -0.15) is 0 Å². The molecule has 2 rings (SSSR count). The van der Waals surface area contributed by atoms with Gasteiger partial charge in [0.2, 0.25) is 5.91 Å². The Labute approximate surface area is 157 Å². The van der Waals surface area contributed by atoms with Crippen LogP contribution in [0.4, 0.5) is 0 Å². The van der Waals surface area contributed by atoms with E-state index >= 15 is 0 Å². The van der Waals surface area contributed by atoms with Gasteiger partial charge in [-0.15, -0.1) is 12.4 Å². The summed E-state index contributed by atoms with van der Waals surface area (Å²) in [5.74, 6) is 1.30. The zero-order chi connectivity index (χ0) is 17.4. The molecule has 0 saturated carbocycles. The molecule has 1 aromatic carbocycles. The molecule has 1 amide bonds. The molecule has 1 saturated heterocycles. The van der Waals surface area contributed by atoms with Crippen molar-refractivity contribution in [3.8, 4) is 0 Å². The van der Waals surface area contributed by atoms with Crippen molar-refractivity contribution in [1.29, 1.82) is 0 Å². The van der Waals surface area contributed by atoms with Crippen molar-refractivity contribution in [2.24, 2.45) is 11.8 Å². The van der Waals surface area contributed by atoms with Gasteiger partial charge in [0.05, 0.1) is 0 Å². The largest absolute Gasteiger partial charge is 0.356 e. The Kier molecular flexibility index (Phi) is 9.76. The van der Waals surface area contributed by atoms with E-state index in [1.807, 2.05) is 24.3 Å². The Hall–Kier alpha value is -1.39. The fourth-order valence-electron chi connectivity index (χ4n) is 3.13. The molecule has 140 valence electrons. The molecular weight excluding hydrogens is 336 g/mol. The summed E-state index contributed by atoms with van der Waals surface area (Å²) in [6, 6.07) is 7.79. The highest BCUT2D eigenvalue weighted by Gasteiger charge is 2.14. The van der Waals surface area contributed by atoms with E-state index in [0.717, 1.165) is 25.9 Å². The maximum absolute atomic E-state index is 12.2. The minimum atomic E-state index is -0.0225. The molecule has 2 N–H and O–H groups in total. The summed E-state index contributed by atoms with van der Waals surface area (Å²) >= 11 is 0. The highest BCUT2D eigenvalue weighted by molar-refractivity contribution is 5.97. The van der Waals surface area contributed by atoms with Gasteiger partial charge < -0.3 is 10.6 Å². The predicted molar refractivity (Wildman–Crippen MR) is 104 cm³/mol. The molecule has 1 aliphatic heterocycles. The molecule has 4 nitrogen and oxygen atoms in total. The molecule has 1 unspecified atom stereocenters. The van der Waals surface area contributed by atoms with Crippen LogP contribution in [0.5, 0.6) is 0 Å². The molecule has 5 heteroatoms. The van der Waals surface area contributed by atoms with Gasteiger partial charge in [-0.3, -0.25) is 9.59 Å². The zero-order valence-corrected chi connectivity index (χ0v) is 16.2. The first-order valence-corrected chi connectivity index (χ1v) is 9.14. The Morgan fingerprint density at radius 1 is 1.20 bits per heavy atom. The topological polar surface area (TPSA) is 58.2 Å². The molecular formula is C20H31ClN2O2. The van der Waals surface area contributed by atoms with Crippen LogP contribution in [0, 0.1) is 11.8 Å². The van der Waals surface area contributed by atoms with E-state index < -0.39 is 0 Å². The van der Waals surface area contributed by atoms with Crippen LogP contribution in [0.1, 0.15) is 55.5 Å². The Bertz CT molecular complexity index is 537. The molecule has 1 aliphatic rings. The predicted octanol–water partition coefficient (Wildman–Crippen LogP) is 3.39. The lowest BCUT2D eigenvalue weighted by molar-refractivity contribution is -0.121. The lowest BCUT2D eigenvalue weighted by Crippen LogP contribution is -2.26. The van der Waals surface area contributed by atoms with Crippen molar-refractivity contribution in [3.05, 3.63) is 35.4 Å². The summed E-state index contributed by atoms with van der Waals surface area (Å²) in [7, 11) is 0. The fraction of sp³-hybridized carbons (Fsp3) is 0.600. The summed E-state index contributed by atoms with van der Waals surface area (Å²) in [6.07, 6.45) is 3.79. The third kappa shape index (κ3) is 8.02. The van der Waals surface area contributed by atoms with E-state index in [1.54, 1.807) is 0 Å². The summed E-state index contributed by atoms with van der Waals surface area (Å²) in [5.41, 5.74) is 1.95. The van der Waals surface area contributed by atoms with Crippen LogP contribution in [-0.4, -0.2) is 31.3 Å². The quantitative estimate of drug-likeness (QED) is 0.658. The van der Waals surface area contributed by atoms with Gasteiger partial charge in [0.1, 0.15) is 0 Å². The maximum Gasteiger partial charge on any atom is 0.220 e. The number of amides is 1. The van der Waals surface area contributed by atoms with E-state index in [2.05, 4.69) is 24.5 Å². The normalized spacial score (nSPS) is 16.5. The molecule has 0 aliphatic carbocycles. The number of nitrogens with one attached hydrogen (secondary N) is 2. The summed E-state index contributed by atoms with van der Waals surface area (Å²) in [5, 5.41) is 6.25. The molecule has 1 heterocycles. The molecule has 1 atom stereocenters. The van der Waals surface area contributed by atoms with Crippen LogP contribution in [-0.2, 0) is 11.2 Å². The smallest absolute Gasteiger partial charge is 0.220 e. The lowest BCUT2D eigenvalue weighted by Gasteiger charge is -2.09. The highest BCUT2D eigenvalue weighted by Crippen LogP contribution is 2.12. The first kappa shape index (κ1) is 21.7. The lowest BCUT2D eigenvalue weighted by atomic mass is 9.99. The molecule has 1 fully saturated rings. The Balaban J connectivity index is 0.00000312. The number of carbonyl (C=O) groups is 2. The number of hydrogen-bond acceptors (Lipinski definition) is 3. The first-order valence-electron chi connectivity index (χ1n) is 9.14. The monoisotopic (exact) mass is 366 g/mol. The average Bonchev–Trinajstić information content (AvgIpc) is 3.06. The number of rotatable bonds is 9.